The molecule has 2 aromatic heterocycles. The van der Waals surface area contributed by atoms with Crippen molar-refractivity contribution in [3.8, 4) is 0 Å². The number of nitrogens with one attached hydrogen (secondary N) is 1. The fourth-order valence-corrected chi connectivity index (χ4v) is 3.78. The lowest BCUT2D eigenvalue weighted by atomic mass is 10.1. The van der Waals surface area contributed by atoms with Crippen molar-refractivity contribution >= 4 is 38.7 Å². The van der Waals surface area contributed by atoms with Crippen molar-refractivity contribution in [2.75, 3.05) is 18.0 Å². The Morgan fingerprint density at radius 3 is 2.72 bits per heavy atom. The van der Waals surface area contributed by atoms with Crippen LogP contribution in [0, 0.1) is 0 Å². The smallest absolute Gasteiger partial charge is 0.410 e. The second kappa shape index (κ2) is 6.52. The predicted molar refractivity (Wildman–Crippen MR) is 103 cm³/mol. The average molecular weight is 409 g/mol. The number of anilines is 1. The van der Waals surface area contributed by atoms with Crippen molar-refractivity contribution in [2.24, 2.45) is 0 Å². The highest BCUT2D eigenvalue weighted by Crippen LogP contribution is 2.34. The summed E-state index contributed by atoms with van der Waals surface area (Å²) in [5.74, 6) is 0. The van der Waals surface area contributed by atoms with Crippen LogP contribution in [0.3, 0.4) is 0 Å². The Balaban J connectivity index is 1.85. The lowest BCUT2D eigenvalue weighted by Gasteiger charge is -2.45. The van der Waals surface area contributed by atoms with Gasteiger partial charge in [0.05, 0.1) is 11.1 Å². The van der Waals surface area contributed by atoms with E-state index in [4.69, 9.17) is 4.74 Å². The van der Waals surface area contributed by atoms with Gasteiger partial charge in [-0.15, -0.1) is 0 Å². The van der Waals surface area contributed by atoms with Gasteiger partial charge in [-0.25, -0.2) is 9.78 Å². The summed E-state index contributed by atoms with van der Waals surface area (Å²) in [6.45, 7) is 11.3. The molecule has 2 aromatic rings. The van der Waals surface area contributed by atoms with Crippen molar-refractivity contribution < 1.29 is 9.53 Å². The zero-order chi connectivity index (χ0) is 18.4. The molecule has 3 heterocycles. The minimum absolute atomic E-state index is 0.0620. The SMILES string of the molecule is C[C@@H]1CN(c2ccnc3[nH]cc(Br)c23)[C@@H](C)CN1C(=O)OC(C)(C)C. The van der Waals surface area contributed by atoms with Crippen LogP contribution >= 0.6 is 15.9 Å². The highest BCUT2D eigenvalue weighted by Gasteiger charge is 2.35. The van der Waals surface area contributed by atoms with Crippen LogP contribution in [0.2, 0.25) is 0 Å². The van der Waals surface area contributed by atoms with Gasteiger partial charge in [-0.05, 0) is 56.6 Å². The molecule has 7 heteroatoms. The molecular formula is C18H25BrN4O2. The number of carbonyl (C=O) groups excluding carboxylic acids is 1. The summed E-state index contributed by atoms with van der Waals surface area (Å²) >= 11 is 3.61. The Kier molecular flexibility index (Phi) is 4.70. The largest absolute Gasteiger partial charge is 0.444 e. The Morgan fingerprint density at radius 2 is 2.04 bits per heavy atom. The number of piperazine rings is 1. The summed E-state index contributed by atoms with van der Waals surface area (Å²) < 4.78 is 6.56. The van der Waals surface area contributed by atoms with Gasteiger partial charge in [-0.2, -0.15) is 0 Å². The van der Waals surface area contributed by atoms with Crippen molar-refractivity contribution in [1.29, 1.82) is 0 Å². The minimum Gasteiger partial charge on any atom is -0.444 e. The molecule has 1 aliphatic heterocycles. The van der Waals surface area contributed by atoms with Crippen LogP contribution in [-0.2, 0) is 4.74 Å². The van der Waals surface area contributed by atoms with E-state index < -0.39 is 5.60 Å². The quantitative estimate of drug-likeness (QED) is 0.769. The van der Waals surface area contributed by atoms with E-state index in [1.54, 1.807) is 0 Å². The highest BCUT2D eigenvalue weighted by atomic mass is 79.9. The van der Waals surface area contributed by atoms with E-state index in [0.29, 0.717) is 6.54 Å². The highest BCUT2D eigenvalue weighted by molar-refractivity contribution is 9.10. The van der Waals surface area contributed by atoms with Crippen molar-refractivity contribution in [2.45, 2.75) is 52.3 Å². The molecule has 0 saturated carbocycles. The second-order valence-electron chi connectivity index (χ2n) is 7.67. The molecule has 1 saturated heterocycles. The molecule has 136 valence electrons. The van der Waals surface area contributed by atoms with Crippen LogP contribution in [0.15, 0.2) is 22.9 Å². The molecule has 1 aliphatic rings. The van der Waals surface area contributed by atoms with E-state index in [-0.39, 0.29) is 18.2 Å². The van der Waals surface area contributed by atoms with E-state index in [2.05, 4.69) is 44.6 Å². The fraction of sp³-hybridized carbons (Fsp3) is 0.556. The number of amides is 1. The van der Waals surface area contributed by atoms with E-state index >= 15 is 0 Å². The zero-order valence-electron chi connectivity index (χ0n) is 15.3. The number of carbonyl (C=O) groups is 1. The van der Waals surface area contributed by atoms with Gasteiger partial charge in [0.2, 0.25) is 0 Å². The number of ether oxygens (including phenoxy) is 1. The second-order valence-corrected chi connectivity index (χ2v) is 8.53. The Bertz CT molecular complexity index is 783. The monoisotopic (exact) mass is 408 g/mol. The van der Waals surface area contributed by atoms with Gasteiger partial charge in [0.25, 0.3) is 0 Å². The van der Waals surface area contributed by atoms with Gasteiger partial charge in [0, 0.05) is 42.0 Å². The molecule has 3 rings (SSSR count). The summed E-state index contributed by atoms with van der Waals surface area (Å²) in [6, 6.07) is 2.27. The first kappa shape index (κ1) is 18.0. The molecule has 0 bridgehead atoms. The van der Waals surface area contributed by atoms with Crippen molar-refractivity contribution in [3.05, 3.63) is 22.9 Å². The van der Waals surface area contributed by atoms with Gasteiger partial charge in [0.1, 0.15) is 11.2 Å². The third kappa shape index (κ3) is 3.61. The first-order valence-electron chi connectivity index (χ1n) is 8.55. The summed E-state index contributed by atoms with van der Waals surface area (Å²) in [4.78, 5) is 24.2. The maximum atomic E-state index is 12.5. The van der Waals surface area contributed by atoms with Crippen LogP contribution in [0.25, 0.3) is 11.0 Å². The lowest BCUT2D eigenvalue weighted by molar-refractivity contribution is 0.0130. The van der Waals surface area contributed by atoms with Crippen molar-refractivity contribution in [3.63, 3.8) is 0 Å². The number of nitrogens with zero attached hydrogens (tertiary/aromatic N) is 3. The molecule has 2 atom stereocenters. The number of pyridine rings is 1. The van der Waals surface area contributed by atoms with Gasteiger partial charge in [-0.3, -0.25) is 0 Å². The zero-order valence-corrected chi connectivity index (χ0v) is 16.9. The van der Waals surface area contributed by atoms with Crippen LogP contribution < -0.4 is 4.90 Å². The number of rotatable bonds is 1. The predicted octanol–water partition coefficient (Wildman–Crippen LogP) is 4.16. The van der Waals surface area contributed by atoms with E-state index in [1.807, 2.05) is 44.1 Å². The number of aromatic nitrogens is 2. The summed E-state index contributed by atoms with van der Waals surface area (Å²) in [5.41, 5.74) is 1.50. The molecule has 1 N–H and O–H groups in total. The van der Waals surface area contributed by atoms with E-state index in [9.17, 15) is 4.79 Å². The number of H-pyrrole nitrogens is 1. The number of fused-ring (bicyclic) bond motifs is 1. The standard InChI is InChI=1S/C18H25BrN4O2/c1-11-10-23(17(24)25-18(3,4)5)12(2)9-22(11)14-6-7-20-16-15(14)13(19)8-21-16/h6-8,11-12H,9-10H2,1-5H3,(H,20,21)/t11-,12+/m0/s1. The molecule has 0 radical (unpaired) electrons. The lowest BCUT2D eigenvalue weighted by Crippen LogP contribution is -2.59. The Morgan fingerprint density at radius 1 is 1.32 bits per heavy atom. The van der Waals surface area contributed by atoms with E-state index in [1.165, 1.54) is 0 Å². The number of halogens is 1. The van der Waals surface area contributed by atoms with Gasteiger partial charge < -0.3 is 19.5 Å². The molecule has 6 nitrogen and oxygen atoms in total. The third-order valence-electron chi connectivity index (χ3n) is 4.43. The first-order chi connectivity index (χ1) is 11.7. The topological polar surface area (TPSA) is 61.5 Å². The van der Waals surface area contributed by atoms with E-state index in [0.717, 1.165) is 27.7 Å². The molecule has 0 aromatic carbocycles. The first-order valence-corrected chi connectivity index (χ1v) is 9.34. The van der Waals surface area contributed by atoms with Gasteiger partial charge in [-0.1, -0.05) is 0 Å². The molecule has 0 unspecified atom stereocenters. The summed E-state index contributed by atoms with van der Waals surface area (Å²) in [7, 11) is 0. The van der Waals surface area contributed by atoms with Gasteiger partial charge in [0.15, 0.2) is 0 Å². The van der Waals surface area contributed by atoms with Gasteiger partial charge >= 0.3 is 6.09 Å². The third-order valence-corrected chi connectivity index (χ3v) is 5.05. The average Bonchev–Trinajstić information content (AvgIpc) is 2.89. The minimum atomic E-state index is -0.482. The number of aromatic amines is 1. The summed E-state index contributed by atoms with van der Waals surface area (Å²) in [6.07, 6.45) is 3.49. The molecule has 1 amide bonds. The van der Waals surface area contributed by atoms with Crippen LogP contribution in [0.1, 0.15) is 34.6 Å². The maximum absolute atomic E-state index is 12.5. The molecule has 1 fully saturated rings. The molecule has 25 heavy (non-hydrogen) atoms. The Hall–Kier alpha value is -1.76. The van der Waals surface area contributed by atoms with Crippen LogP contribution in [-0.4, -0.2) is 51.7 Å². The molecular weight excluding hydrogens is 384 g/mol. The number of hydrogen-bond donors (Lipinski definition) is 1. The maximum Gasteiger partial charge on any atom is 0.410 e. The molecule has 0 spiro atoms. The van der Waals surface area contributed by atoms with Crippen LogP contribution in [0.4, 0.5) is 10.5 Å². The number of hydrogen-bond acceptors (Lipinski definition) is 4. The van der Waals surface area contributed by atoms with Crippen LogP contribution in [0.5, 0.6) is 0 Å². The molecule has 0 aliphatic carbocycles. The normalized spacial score (nSPS) is 21.7. The van der Waals surface area contributed by atoms with Crippen molar-refractivity contribution in [1.82, 2.24) is 14.9 Å². The summed E-state index contributed by atoms with van der Waals surface area (Å²) in [5, 5.41) is 1.08. The fourth-order valence-electron chi connectivity index (χ4n) is 3.28. The Labute approximate surface area is 156 Å².